The van der Waals surface area contributed by atoms with Gasteiger partial charge >= 0.3 is 0 Å². The van der Waals surface area contributed by atoms with Gasteiger partial charge in [0.2, 0.25) is 0 Å². The lowest BCUT2D eigenvalue weighted by Gasteiger charge is -2.26. The molecule has 0 radical (unpaired) electrons. The molecule has 1 aliphatic rings. The van der Waals surface area contributed by atoms with E-state index in [1.165, 1.54) is 0 Å². The Labute approximate surface area is 78.7 Å². The second-order valence-corrected chi connectivity index (χ2v) is 4.91. The van der Waals surface area contributed by atoms with E-state index in [0.29, 0.717) is 5.25 Å². The molecule has 1 fully saturated rings. The molecule has 0 bridgehead atoms. The van der Waals surface area contributed by atoms with Gasteiger partial charge in [-0.25, -0.2) is 0 Å². The van der Waals surface area contributed by atoms with Crippen LogP contribution in [0.15, 0.2) is 0 Å². The van der Waals surface area contributed by atoms with E-state index in [1.807, 2.05) is 11.8 Å². The summed E-state index contributed by atoms with van der Waals surface area (Å²) in [6.07, 6.45) is 2.80. The zero-order chi connectivity index (χ0) is 9.03. The maximum Gasteiger partial charge on any atom is 0.0771 e. The summed E-state index contributed by atoms with van der Waals surface area (Å²) >= 11 is 1.87. The number of aliphatic hydroxyl groups is 1. The molecule has 0 aromatic rings. The van der Waals surface area contributed by atoms with Crippen LogP contribution in [0.2, 0.25) is 0 Å². The fraction of sp³-hybridized carbons (Fsp3) is 1.00. The van der Waals surface area contributed by atoms with Gasteiger partial charge in [-0.2, -0.15) is 11.8 Å². The van der Waals surface area contributed by atoms with Gasteiger partial charge in [0.15, 0.2) is 0 Å². The Kier molecular flexibility index (Phi) is 3.87. The first-order chi connectivity index (χ1) is 5.69. The Morgan fingerprint density at radius 2 is 2.42 bits per heavy atom. The summed E-state index contributed by atoms with van der Waals surface area (Å²) < 4.78 is 4.96. The highest BCUT2D eigenvalue weighted by Gasteiger charge is 2.37. The van der Waals surface area contributed by atoms with E-state index in [9.17, 15) is 5.11 Å². The third kappa shape index (κ3) is 2.38. The average molecular weight is 190 g/mol. The van der Waals surface area contributed by atoms with E-state index in [2.05, 4.69) is 6.92 Å². The zero-order valence-electron chi connectivity index (χ0n) is 7.88. The van der Waals surface area contributed by atoms with Gasteiger partial charge in [-0.15, -0.1) is 0 Å². The average Bonchev–Trinajstić information content (AvgIpc) is 2.34. The lowest BCUT2D eigenvalue weighted by molar-refractivity contribution is 0.0280. The van der Waals surface area contributed by atoms with Crippen LogP contribution in [0.4, 0.5) is 0 Å². The minimum Gasteiger partial charge on any atom is -0.389 e. The van der Waals surface area contributed by atoms with Crippen LogP contribution in [0, 0.1) is 0 Å². The van der Waals surface area contributed by atoms with Crippen molar-refractivity contribution in [2.24, 2.45) is 0 Å². The second kappa shape index (κ2) is 4.49. The van der Waals surface area contributed by atoms with Gasteiger partial charge in [0.25, 0.3) is 0 Å². The first-order valence-corrected chi connectivity index (χ1v) is 5.57. The first-order valence-electron chi connectivity index (χ1n) is 4.52. The molecule has 1 saturated heterocycles. The van der Waals surface area contributed by atoms with Crippen molar-refractivity contribution in [3.8, 4) is 0 Å². The van der Waals surface area contributed by atoms with Crippen LogP contribution in [0.25, 0.3) is 0 Å². The Morgan fingerprint density at radius 3 is 2.92 bits per heavy atom. The normalized spacial score (nSPS) is 35.8. The Morgan fingerprint density at radius 1 is 1.67 bits per heavy atom. The van der Waals surface area contributed by atoms with Gasteiger partial charge < -0.3 is 9.84 Å². The van der Waals surface area contributed by atoms with Crippen molar-refractivity contribution in [1.82, 2.24) is 0 Å². The molecule has 0 amide bonds. The van der Waals surface area contributed by atoms with E-state index in [0.717, 1.165) is 31.6 Å². The van der Waals surface area contributed by atoms with Crippen molar-refractivity contribution < 1.29 is 9.84 Å². The monoisotopic (exact) mass is 190 g/mol. The third-order valence-electron chi connectivity index (χ3n) is 2.62. The molecule has 0 aromatic carbocycles. The summed E-state index contributed by atoms with van der Waals surface area (Å²) in [6, 6.07) is 0. The maximum absolute atomic E-state index is 10.1. The molecule has 1 rings (SSSR count). The molecule has 0 spiro atoms. The highest BCUT2D eigenvalue weighted by Crippen LogP contribution is 2.38. The molecule has 1 heterocycles. The number of hydrogen-bond acceptors (Lipinski definition) is 3. The van der Waals surface area contributed by atoms with Gasteiger partial charge in [0.05, 0.1) is 5.60 Å². The van der Waals surface area contributed by atoms with Gasteiger partial charge in [-0.1, -0.05) is 6.92 Å². The lowest BCUT2D eigenvalue weighted by atomic mass is 9.92. The van der Waals surface area contributed by atoms with Gasteiger partial charge in [-0.3, -0.25) is 0 Å². The number of thioether (sulfide) groups is 1. The van der Waals surface area contributed by atoms with E-state index >= 15 is 0 Å². The molecule has 2 unspecified atom stereocenters. The summed E-state index contributed by atoms with van der Waals surface area (Å²) in [7, 11) is 1.71. The molecule has 1 N–H and O–H groups in total. The van der Waals surface area contributed by atoms with Crippen LogP contribution in [0.3, 0.4) is 0 Å². The second-order valence-electron chi connectivity index (χ2n) is 3.46. The lowest BCUT2D eigenvalue weighted by Crippen LogP contribution is -2.34. The van der Waals surface area contributed by atoms with Crippen LogP contribution in [0.5, 0.6) is 0 Å². The Bertz CT molecular complexity index is 140. The fourth-order valence-electron chi connectivity index (χ4n) is 1.62. The number of ether oxygens (including phenoxy) is 1. The molecule has 0 saturated carbocycles. The molecule has 0 aliphatic carbocycles. The molecule has 3 heteroatoms. The van der Waals surface area contributed by atoms with Crippen LogP contribution >= 0.6 is 11.8 Å². The fourth-order valence-corrected chi connectivity index (χ4v) is 2.99. The molecule has 12 heavy (non-hydrogen) atoms. The quantitative estimate of drug-likeness (QED) is 0.684. The molecular formula is C9H18O2S. The van der Waals surface area contributed by atoms with Gasteiger partial charge in [0, 0.05) is 19.0 Å². The summed E-state index contributed by atoms with van der Waals surface area (Å²) in [5, 5.41) is 10.5. The van der Waals surface area contributed by atoms with Crippen molar-refractivity contribution in [3.63, 3.8) is 0 Å². The highest BCUT2D eigenvalue weighted by molar-refractivity contribution is 8.00. The minimum absolute atomic E-state index is 0.398. The number of methoxy groups -OCH3 is 1. The Balaban J connectivity index is 2.27. The van der Waals surface area contributed by atoms with E-state index in [1.54, 1.807) is 7.11 Å². The predicted molar refractivity (Wildman–Crippen MR) is 52.6 cm³/mol. The van der Waals surface area contributed by atoms with E-state index in [-0.39, 0.29) is 0 Å². The van der Waals surface area contributed by atoms with Crippen LogP contribution < -0.4 is 0 Å². The van der Waals surface area contributed by atoms with Gasteiger partial charge in [-0.05, 0) is 25.0 Å². The van der Waals surface area contributed by atoms with Crippen molar-refractivity contribution in [1.29, 1.82) is 0 Å². The molecule has 72 valence electrons. The van der Waals surface area contributed by atoms with Crippen molar-refractivity contribution >= 4 is 11.8 Å². The third-order valence-corrected chi connectivity index (χ3v) is 4.00. The van der Waals surface area contributed by atoms with Crippen molar-refractivity contribution in [2.75, 3.05) is 19.5 Å². The SMILES string of the molecule is COCCCC1(O)CCSC1C. The highest BCUT2D eigenvalue weighted by atomic mass is 32.2. The Hall–Kier alpha value is 0.270. The van der Waals surface area contributed by atoms with Crippen LogP contribution in [-0.2, 0) is 4.74 Å². The van der Waals surface area contributed by atoms with Gasteiger partial charge in [0.1, 0.15) is 0 Å². The minimum atomic E-state index is -0.413. The summed E-state index contributed by atoms with van der Waals surface area (Å²) in [5.74, 6) is 1.10. The standard InChI is InChI=1S/C9H18O2S/c1-8-9(10,5-7-12-8)4-3-6-11-2/h8,10H,3-7H2,1-2H3. The summed E-state index contributed by atoms with van der Waals surface area (Å²) in [4.78, 5) is 0. The van der Waals surface area contributed by atoms with Crippen LogP contribution in [-0.4, -0.2) is 35.4 Å². The number of hydrogen-bond donors (Lipinski definition) is 1. The molecule has 0 aromatic heterocycles. The van der Waals surface area contributed by atoms with E-state index < -0.39 is 5.60 Å². The summed E-state index contributed by atoms with van der Waals surface area (Å²) in [5.41, 5.74) is -0.413. The van der Waals surface area contributed by atoms with Crippen LogP contribution in [0.1, 0.15) is 26.2 Å². The molecule has 2 nitrogen and oxygen atoms in total. The summed E-state index contributed by atoms with van der Waals surface area (Å²) in [6.45, 7) is 2.88. The molecule has 1 aliphatic heterocycles. The molecular weight excluding hydrogens is 172 g/mol. The first kappa shape index (κ1) is 10.4. The zero-order valence-corrected chi connectivity index (χ0v) is 8.69. The maximum atomic E-state index is 10.1. The largest absolute Gasteiger partial charge is 0.389 e. The predicted octanol–water partition coefficient (Wildman–Crippen LogP) is 1.67. The number of rotatable bonds is 4. The molecule has 2 atom stereocenters. The van der Waals surface area contributed by atoms with Crippen molar-refractivity contribution in [2.45, 2.75) is 37.0 Å². The topological polar surface area (TPSA) is 29.5 Å². The van der Waals surface area contributed by atoms with E-state index in [4.69, 9.17) is 4.74 Å². The smallest absolute Gasteiger partial charge is 0.0771 e. The van der Waals surface area contributed by atoms with Crippen molar-refractivity contribution in [3.05, 3.63) is 0 Å².